The third kappa shape index (κ3) is 1.96. The molecule has 0 aliphatic heterocycles. The molecule has 0 amide bonds. The molecule has 1 atom stereocenters. The van der Waals surface area contributed by atoms with Crippen LogP contribution >= 0.6 is 0 Å². The maximum atomic E-state index is 11.3. The van der Waals surface area contributed by atoms with Crippen molar-refractivity contribution in [1.82, 2.24) is 0 Å². The smallest absolute Gasteiger partial charge is 0.337 e. The minimum Gasteiger partial charge on any atom is -0.465 e. The topological polar surface area (TPSA) is 55.7 Å². The fraction of sp³-hybridized carbons (Fsp3) is 0.417. The van der Waals surface area contributed by atoms with Crippen molar-refractivity contribution in [2.45, 2.75) is 25.3 Å². The van der Waals surface area contributed by atoms with Gasteiger partial charge in [-0.25, -0.2) is 4.79 Å². The van der Waals surface area contributed by atoms with Crippen molar-refractivity contribution < 1.29 is 9.53 Å². The van der Waals surface area contributed by atoms with Crippen LogP contribution < -0.4 is 0 Å². The highest BCUT2D eigenvalue weighted by atomic mass is 16.5. The fourth-order valence-corrected chi connectivity index (χ4v) is 2.07. The van der Waals surface area contributed by atoms with E-state index < -0.39 is 0 Å². The monoisotopic (exact) mass is 219 g/mol. The molecule has 16 heavy (non-hydrogen) atoms. The zero-order valence-electron chi connectivity index (χ0n) is 9.10. The number of fused-ring (bicyclic) bond motifs is 1. The fourth-order valence-electron chi connectivity index (χ4n) is 2.07. The zero-order chi connectivity index (χ0) is 11.5. The van der Waals surface area contributed by atoms with Crippen LogP contribution in [0, 0.1) is 4.91 Å². The molecule has 1 aliphatic rings. The summed E-state index contributed by atoms with van der Waals surface area (Å²) in [5.74, 6) is -0.321. The first-order valence-corrected chi connectivity index (χ1v) is 5.27. The van der Waals surface area contributed by atoms with Gasteiger partial charge in [-0.3, -0.25) is 0 Å². The number of nitrogens with zero attached hydrogens (tertiary/aromatic N) is 1. The van der Waals surface area contributed by atoms with Crippen molar-refractivity contribution in [1.29, 1.82) is 0 Å². The number of ether oxygens (including phenoxy) is 1. The molecule has 1 unspecified atom stereocenters. The Labute approximate surface area is 93.6 Å². The first-order chi connectivity index (χ1) is 7.74. The van der Waals surface area contributed by atoms with Gasteiger partial charge >= 0.3 is 5.97 Å². The Bertz CT molecular complexity index is 428. The van der Waals surface area contributed by atoms with Crippen LogP contribution in [0.4, 0.5) is 0 Å². The van der Waals surface area contributed by atoms with E-state index in [0.717, 1.165) is 24.0 Å². The average molecular weight is 219 g/mol. The van der Waals surface area contributed by atoms with Gasteiger partial charge in [0.05, 0.1) is 18.7 Å². The number of aryl methyl sites for hydroxylation is 1. The molecule has 0 aromatic heterocycles. The number of carbonyl (C=O) groups is 1. The Kier molecular flexibility index (Phi) is 2.99. The van der Waals surface area contributed by atoms with Gasteiger partial charge in [-0.2, -0.15) is 4.91 Å². The van der Waals surface area contributed by atoms with E-state index in [0.29, 0.717) is 12.0 Å². The first kappa shape index (κ1) is 10.8. The number of esters is 1. The third-order valence-electron chi connectivity index (χ3n) is 2.98. The zero-order valence-corrected chi connectivity index (χ0v) is 9.10. The van der Waals surface area contributed by atoms with E-state index >= 15 is 0 Å². The molecule has 4 nitrogen and oxygen atoms in total. The van der Waals surface area contributed by atoms with Crippen molar-refractivity contribution >= 4 is 5.97 Å². The molecular weight excluding hydrogens is 206 g/mol. The van der Waals surface area contributed by atoms with Crippen LogP contribution in [0.5, 0.6) is 0 Å². The summed E-state index contributed by atoms with van der Waals surface area (Å²) in [4.78, 5) is 21.8. The van der Waals surface area contributed by atoms with Crippen molar-refractivity contribution in [3.8, 4) is 0 Å². The van der Waals surface area contributed by atoms with Crippen LogP contribution in [0.2, 0.25) is 0 Å². The molecule has 0 heterocycles. The summed E-state index contributed by atoms with van der Waals surface area (Å²) in [6.45, 7) is 0. The third-order valence-corrected chi connectivity index (χ3v) is 2.98. The second kappa shape index (κ2) is 4.43. The molecule has 0 spiro atoms. The molecular formula is C12H13NO3. The van der Waals surface area contributed by atoms with Crippen molar-refractivity contribution in [2.24, 2.45) is 5.18 Å². The Hall–Kier alpha value is -1.71. The molecule has 0 bridgehead atoms. The number of hydrogen-bond acceptors (Lipinski definition) is 4. The molecule has 0 saturated carbocycles. The van der Waals surface area contributed by atoms with Gasteiger partial charge in [-0.15, -0.1) is 0 Å². The summed E-state index contributed by atoms with van der Waals surface area (Å²) in [6, 6.07) is 5.36. The SMILES string of the molecule is COC(=O)c1ccc2c(c1)CCC(N=O)C2. The van der Waals surface area contributed by atoms with Crippen LogP contribution in [0.25, 0.3) is 0 Å². The molecule has 0 fully saturated rings. The standard InChI is InChI=1S/C12H13NO3/c1-16-12(14)10-3-2-9-7-11(13-15)5-4-8(9)6-10/h2-3,6,11H,4-5,7H2,1H3. The average Bonchev–Trinajstić information content (AvgIpc) is 2.36. The lowest BCUT2D eigenvalue weighted by atomic mass is 9.87. The predicted octanol–water partition coefficient (Wildman–Crippen LogP) is 2.10. The molecule has 0 N–H and O–H groups in total. The van der Waals surface area contributed by atoms with Crippen LogP contribution in [-0.2, 0) is 17.6 Å². The molecule has 84 valence electrons. The number of benzene rings is 1. The normalized spacial score (nSPS) is 18.7. The molecule has 1 aliphatic carbocycles. The van der Waals surface area contributed by atoms with Crippen LogP contribution in [0.15, 0.2) is 23.4 Å². The highest BCUT2D eigenvalue weighted by Gasteiger charge is 2.20. The Morgan fingerprint density at radius 2 is 2.25 bits per heavy atom. The predicted molar refractivity (Wildman–Crippen MR) is 59.4 cm³/mol. The van der Waals surface area contributed by atoms with Crippen LogP contribution in [0.1, 0.15) is 27.9 Å². The Morgan fingerprint density at radius 3 is 2.94 bits per heavy atom. The van der Waals surface area contributed by atoms with Gasteiger partial charge in [-0.1, -0.05) is 11.2 Å². The van der Waals surface area contributed by atoms with Crippen molar-refractivity contribution in [2.75, 3.05) is 7.11 Å². The minimum absolute atomic E-state index is 0.114. The minimum atomic E-state index is -0.321. The summed E-state index contributed by atoms with van der Waals surface area (Å²) in [7, 11) is 1.37. The van der Waals surface area contributed by atoms with Gasteiger partial charge in [0.25, 0.3) is 0 Å². The quantitative estimate of drug-likeness (QED) is 0.565. The summed E-state index contributed by atoms with van der Waals surface area (Å²) >= 11 is 0. The van der Waals surface area contributed by atoms with E-state index in [1.807, 2.05) is 12.1 Å². The highest BCUT2D eigenvalue weighted by Crippen LogP contribution is 2.24. The van der Waals surface area contributed by atoms with Gasteiger partial charge in [0.15, 0.2) is 0 Å². The first-order valence-electron chi connectivity index (χ1n) is 5.27. The highest BCUT2D eigenvalue weighted by molar-refractivity contribution is 5.89. The van der Waals surface area contributed by atoms with Gasteiger partial charge in [0.2, 0.25) is 0 Å². The molecule has 1 aromatic carbocycles. The van der Waals surface area contributed by atoms with E-state index in [9.17, 15) is 9.70 Å². The van der Waals surface area contributed by atoms with Gasteiger partial charge in [0.1, 0.15) is 0 Å². The molecule has 4 heteroatoms. The Balaban J connectivity index is 2.27. The number of hydrogen-bond donors (Lipinski definition) is 0. The molecule has 0 saturated heterocycles. The number of methoxy groups -OCH3 is 1. The van der Waals surface area contributed by atoms with E-state index in [4.69, 9.17) is 0 Å². The molecule has 2 rings (SSSR count). The summed E-state index contributed by atoms with van der Waals surface area (Å²) in [6.07, 6.45) is 2.25. The maximum absolute atomic E-state index is 11.3. The second-order valence-electron chi connectivity index (χ2n) is 3.98. The number of nitroso groups, excluding NO2 is 1. The molecule has 0 radical (unpaired) electrons. The summed E-state index contributed by atoms with van der Waals surface area (Å²) < 4.78 is 4.66. The van der Waals surface area contributed by atoms with Gasteiger partial charge < -0.3 is 4.74 Å². The van der Waals surface area contributed by atoms with Crippen LogP contribution in [0.3, 0.4) is 0 Å². The number of carbonyl (C=O) groups excluding carboxylic acids is 1. The van der Waals surface area contributed by atoms with Gasteiger partial charge in [-0.05, 0) is 42.5 Å². The van der Waals surface area contributed by atoms with Crippen molar-refractivity contribution in [3.05, 3.63) is 39.8 Å². The number of rotatable bonds is 2. The van der Waals surface area contributed by atoms with Gasteiger partial charge in [0, 0.05) is 0 Å². The lowest BCUT2D eigenvalue weighted by Crippen LogP contribution is -2.17. The maximum Gasteiger partial charge on any atom is 0.337 e. The Morgan fingerprint density at radius 1 is 1.44 bits per heavy atom. The van der Waals surface area contributed by atoms with Crippen LogP contribution in [-0.4, -0.2) is 19.1 Å². The lowest BCUT2D eigenvalue weighted by molar-refractivity contribution is 0.0600. The summed E-state index contributed by atoms with van der Waals surface area (Å²) in [5, 5.41) is 3.08. The van der Waals surface area contributed by atoms with E-state index in [1.54, 1.807) is 6.07 Å². The van der Waals surface area contributed by atoms with E-state index in [1.165, 1.54) is 7.11 Å². The summed E-state index contributed by atoms with van der Waals surface area (Å²) in [5.41, 5.74) is 2.81. The van der Waals surface area contributed by atoms with E-state index in [-0.39, 0.29) is 12.0 Å². The lowest BCUT2D eigenvalue weighted by Gasteiger charge is -2.19. The van der Waals surface area contributed by atoms with E-state index in [2.05, 4.69) is 9.91 Å². The second-order valence-corrected chi connectivity index (χ2v) is 3.98. The largest absolute Gasteiger partial charge is 0.465 e. The molecule has 1 aromatic rings. The van der Waals surface area contributed by atoms with Crippen molar-refractivity contribution in [3.63, 3.8) is 0 Å².